The Morgan fingerprint density at radius 3 is 2.57 bits per heavy atom. The number of rotatable bonds is 7. The van der Waals surface area contributed by atoms with E-state index in [-0.39, 0.29) is 17.1 Å². The quantitative estimate of drug-likeness (QED) is 0.240. The summed E-state index contributed by atoms with van der Waals surface area (Å²) in [6.45, 7) is 1.84. The summed E-state index contributed by atoms with van der Waals surface area (Å²) in [4.78, 5) is 34.8. The van der Waals surface area contributed by atoms with E-state index >= 15 is 0 Å². The van der Waals surface area contributed by atoms with Crippen LogP contribution in [0.4, 0.5) is 13.2 Å². The fraction of sp³-hybridized carbons (Fsp3) is 0.394. The third kappa shape index (κ3) is 5.52. The van der Waals surface area contributed by atoms with E-state index in [9.17, 15) is 18.0 Å². The summed E-state index contributed by atoms with van der Waals surface area (Å²) in [7, 11) is 3.00. The number of amides is 1. The van der Waals surface area contributed by atoms with Crippen LogP contribution in [0.1, 0.15) is 43.4 Å². The molecule has 2 fully saturated rings. The summed E-state index contributed by atoms with van der Waals surface area (Å²) in [5.74, 6) is -0.191. The number of carbonyl (C=O) groups excluding carboxylic acids is 1. The average Bonchev–Trinajstić information content (AvgIpc) is 3.84. The van der Waals surface area contributed by atoms with Crippen molar-refractivity contribution in [3.05, 3.63) is 66.4 Å². The second-order valence-electron chi connectivity index (χ2n) is 11.8. The van der Waals surface area contributed by atoms with Crippen molar-refractivity contribution in [3.8, 4) is 22.9 Å². The minimum Gasteiger partial charge on any atom is -0.497 e. The van der Waals surface area contributed by atoms with Crippen LogP contribution in [0, 0.1) is 0 Å². The van der Waals surface area contributed by atoms with E-state index in [1.807, 2.05) is 30.3 Å². The number of benzene rings is 2. The maximum Gasteiger partial charge on any atom is 0.449 e. The Balaban J connectivity index is 1.24. The van der Waals surface area contributed by atoms with Gasteiger partial charge in [-0.1, -0.05) is 18.2 Å². The highest BCUT2D eigenvalue weighted by molar-refractivity contribution is 5.85. The molecule has 0 unspecified atom stereocenters. The molecule has 1 amide bonds. The number of likely N-dealkylation sites (tertiary alicyclic amines) is 2. The highest BCUT2D eigenvalue weighted by Crippen LogP contribution is 2.38. The number of aromatic nitrogens is 5. The van der Waals surface area contributed by atoms with Gasteiger partial charge >= 0.3 is 6.18 Å². The first-order valence-corrected chi connectivity index (χ1v) is 15.4. The smallest absolute Gasteiger partial charge is 0.449 e. The first-order valence-electron chi connectivity index (χ1n) is 15.4. The van der Waals surface area contributed by atoms with E-state index in [0.29, 0.717) is 36.1 Å². The molecular formula is C33H34F3N7O3. The van der Waals surface area contributed by atoms with Gasteiger partial charge in [0.15, 0.2) is 0 Å². The van der Waals surface area contributed by atoms with Gasteiger partial charge in [0.05, 0.1) is 54.3 Å². The lowest BCUT2D eigenvalue weighted by atomic mass is 9.95. The topological polar surface area (TPSA) is 101 Å². The number of alkyl halides is 3. The van der Waals surface area contributed by atoms with Crippen molar-refractivity contribution in [1.29, 1.82) is 0 Å². The molecule has 2 saturated heterocycles. The van der Waals surface area contributed by atoms with Gasteiger partial charge in [-0.3, -0.25) is 4.79 Å². The highest BCUT2D eigenvalue weighted by Gasteiger charge is 2.41. The number of nitrogens with zero attached hydrogens (tertiary/aromatic N) is 6. The van der Waals surface area contributed by atoms with Crippen LogP contribution >= 0.6 is 0 Å². The van der Waals surface area contributed by atoms with Gasteiger partial charge in [-0.25, -0.2) is 15.0 Å². The molecule has 0 aliphatic carbocycles. The van der Waals surface area contributed by atoms with E-state index in [1.165, 1.54) is 19.2 Å². The van der Waals surface area contributed by atoms with Crippen molar-refractivity contribution in [1.82, 2.24) is 34.3 Å². The molecule has 2 aromatic carbocycles. The second-order valence-corrected chi connectivity index (χ2v) is 11.8. The molecule has 0 radical (unpaired) electrons. The maximum atomic E-state index is 14.2. The number of para-hydroxylation sites is 1. The number of hydrogen-bond donors (Lipinski definition) is 1. The summed E-state index contributed by atoms with van der Waals surface area (Å²) in [5.41, 5.74) is 2.51. The van der Waals surface area contributed by atoms with Gasteiger partial charge in [-0.2, -0.15) is 13.2 Å². The molecule has 0 spiro atoms. The molecular weight excluding hydrogens is 599 g/mol. The van der Waals surface area contributed by atoms with Crippen molar-refractivity contribution in [2.24, 2.45) is 0 Å². The van der Waals surface area contributed by atoms with Crippen molar-refractivity contribution in [3.63, 3.8) is 0 Å². The number of aromatic amines is 1. The van der Waals surface area contributed by atoms with Crippen molar-refractivity contribution in [2.45, 2.75) is 50.5 Å². The summed E-state index contributed by atoms with van der Waals surface area (Å²) >= 11 is 0. The van der Waals surface area contributed by atoms with Gasteiger partial charge < -0.3 is 28.8 Å². The Kier molecular flexibility index (Phi) is 7.79. The molecule has 7 rings (SSSR count). The summed E-state index contributed by atoms with van der Waals surface area (Å²) in [6.07, 6.45) is 0.529. The Bertz CT molecular complexity index is 1900. The van der Waals surface area contributed by atoms with Crippen LogP contribution in [0.2, 0.25) is 0 Å². The Hall–Kier alpha value is -4.65. The first-order chi connectivity index (χ1) is 22.2. The molecule has 240 valence electrons. The third-order valence-corrected chi connectivity index (χ3v) is 9.14. The number of fused-ring (bicyclic) bond motifs is 2. The maximum absolute atomic E-state index is 14.2. The van der Waals surface area contributed by atoms with E-state index in [0.717, 1.165) is 53.4 Å². The van der Waals surface area contributed by atoms with Gasteiger partial charge in [-0.15, -0.1) is 0 Å². The summed E-state index contributed by atoms with van der Waals surface area (Å²) in [5, 5.41) is 0.933. The van der Waals surface area contributed by atoms with E-state index in [1.54, 1.807) is 24.3 Å². The normalized spacial score (nSPS) is 19.3. The minimum absolute atomic E-state index is 0.138. The Labute approximate surface area is 263 Å². The summed E-state index contributed by atoms with van der Waals surface area (Å²) in [6, 6.07) is 14.0. The third-order valence-electron chi connectivity index (χ3n) is 9.14. The number of methoxy groups -OCH3 is 2. The molecule has 5 aromatic rings. The molecule has 2 aliphatic heterocycles. The number of H-pyrrole nitrogens is 1. The zero-order valence-corrected chi connectivity index (χ0v) is 25.5. The predicted octanol–water partition coefficient (Wildman–Crippen LogP) is 5.84. The van der Waals surface area contributed by atoms with Crippen LogP contribution < -0.4 is 9.47 Å². The van der Waals surface area contributed by atoms with Crippen LogP contribution in [0.5, 0.6) is 11.6 Å². The molecule has 3 aromatic heterocycles. The number of pyridine rings is 1. The minimum atomic E-state index is -4.75. The first kappa shape index (κ1) is 30.0. The lowest BCUT2D eigenvalue weighted by molar-refractivity contribution is -0.148. The van der Waals surface area contributed by atoms with Crippen LogP contribution in [-0.4, -0.2) is 80.1 Å². The Morgan fingerprint density at radius 1 is 1.00 bits per heavy atom. The van der Waals surface area contributed by atoms with E-state index < -0.39 is 30.5 Å². The number of carbonyl (C=O) groups is 1. The van der Waals surface area contributed by atoms with Gasteiger partial charge in [0.25, 0.3) is 0 Å². The van der Waals surface area contributed by atoms with Crippen molar-refractivity contribution < 1.29 is 27.4 Å². The van der Waals surface area contributed by atoms with Gasteiger partial charge in [0.1, 0.15) is 18.1 Å². The van der Waals surface area contributed by atoms with Crippen molar-refractivity contribution >= 4 is 27.8 Å². The zero-order valence-electron chi connectivity index (χ0n) is 25.5. The number of nitrogens with one attached hydrogen (secondary N) is 1. The Morgan fingerprint density at radius 2 is 1.80 bits per heavy atom. The molecule has 2 atom stereocenters. The predicted molar refractivity (Wildman–Crippen MR) is 165 cm³/mol. The average molecular weight is 634 g/mol. The highest BCUT2D eigenvalue weighted by atomic mass is 19.4. The molecule has 0 saturated carbocycles. The number of ether oxygens (including phenoxy) is 2. The largest absolute Gasteiger partial charge is 0.497 e. The molecule has 5 heterocycles. The fourth-order valence-electron chi connectivity index (χ4n) is 6.86. The SMILES string of the molecule is COc1ccc2nc(C(F)(F)F)n(CC(=O)N3CC[C@H](N4CCCC4)C[C@H]3c3ncc(-c4cc5ccccc5nc4OC)[nH]3)c2c1. The molecule has 0 bridgehead atoms. The molecule has 10 nitrogen and oxygen atoms in total. The fourth-order valence-corrected chi connectivity index (χ4v) is 6.86. The number of imidazole rings is 2. The summed E-state index contributed by atoms with van der Waals surface area (Å²) < 4.78 is 54.3. The number of piperidine rings is 1. The van der Waals surface area contributed by atoms with Gasteiger partial charge in [-0.05, 0) is 63.0 Å². The van der Waals surface area contributed by atoms with Gasteiger partial charge in [0, 0.05) is 24.0 Å². The second kappa shape index (κ2) is 11.9. The standard InChI is InChI=1S/C33H34F3N7O3/c1-45-22-9-10-25-27(17-22)43(32(40-25)33(34,35)36)19-29(44)42-14-11-21(41-12-5-6-13-41)16-28(42)30-37-18-26(38-30)23-15-20-7-3-4-8-24(20)39-31(23)46-2/h3-4,7-10,15,17-18,21,28H,5-6,11-14,16,19H2,1-2H3,(H,37,38)/t21-,28-/m0/s1. The van der Waals surface area contributed by atoms with Crippen LogP contribution in [0.3, 0.4) is 0 Å². The van der Waals surface area contributed by atoms with Crippen molar-refractivity contribution in [2.75, 3.05) is 33.9 Å². The van der Waals surface area contributed by atoms with E-state index in [2.05, 4.69) is 19.9 Å². The van der Waals surface area contributed by atoms with E-state index in [4.69, 9.17) is 14.5 Å². The lowest BCUT2D eigenvalue weighted by Crippen LogP contribution is -2.48. The van der Waals surface area contributed by atoms with Crippen LogP contribution in [0.25, 0.3) is 33.2 Å². The van der Waals surface area contributed by atoms with Gasteiger partial charge in [0.2, 0.25) is 17.6 Å². The molecule has 1 N–H and O–H groups in total. The zero-order chi connectivity index (χ0) is 32.0. The molecule has 46 heavy (non-hydrogen) atoms. The monoisotopic (exact) mass is 633 g/mol. The molecule has 2 aliphatic rings. The molecule has 13 heteroatoms. The number of halogens is 3. The van der Waals surface area contributed by atoms with Crippen LogP contribution in [-0.2, 0) is 17.5 Å². The van der Waals surface area contributed by atoms with Crippen LogP contribution in [0.15, 0.2) is 54.7 Å². The lowest BCUT2D eigenvalue weighted by Gasteiger charge is -2.42. The number of hydrogen-bond acceptors (Lipinski definition) is 7.